The normalized spacial score (nSPS) is 19.1. The molecule has 1 unspecified atom stereocenters. The molecule has 0 saturated carbocycles. The molecule has 2 aromatic rings. The van der Waals surface area contributed by atoms with Crippen molar-refractivity contribution >= 4 is 0 Å². The summed E-state index contributed by atoms with van der Waals surface area (Å²) in [4.78, 5) is 4.87. The summed E-state index contributed by atoms with van der Waals surface area (Å²) in [6.45, 7) is 5.41. The van der Waals surface area contributed by atoms with Crippen LogP contribution in [0.25, 0.3) is 0 Å². The Hall–Kier alpha value is -1.65. The molecule has 22 heavy (non-hydrogen) atoms. The second-order valence-corrected chi connectivity index (χ2v) is 6.60. The van der Waals surface area contributed by atoms with E-state index < -0.39 is 0 Å². The van der Waals surface area contributed by atoms with Gasteiger partial charge >= 0.3 is 0 Å². The monoisotopic (exact) mass is 298 g/mol. The number of hydrogen-bond acceptors (Lipinski definition) is 3. The van der Waals surface area contributed by atoms with Crippen LogP contribution in [0.1, 0.15) is 11.3 Å². The second-order valence-electron chi connectivity index (χ2n) is 6.60. The number of hydrogen-bond donors (Lipinski definition) is 0. The number of aromatic nitrogens is 2. The lowest BCUT2D eigenvalue weighted by Crippen LogP contribution is -2.34. The van der Waals surface area contributed by atoms with E-state index in [1.165, 1.54) is 11.3 Å². The van der Waals surface area contributed by atoms with Gasteiger partial charge in [-0.1, -0.05) is 30.3 Å². The van der Waals surface area contributed by atoms with Crippen molar-refractivity contribution in [3.8, 4) is 0 Å². The summed E-state index contributed by atoms with van der Waals surface area (Å²) in [6.07, 6.45) is 3.05. The van der Waals surface area contributed by atoms with Crippen LogP contribution in [-0.4, -0.2) is 53.3 Å². The van der Waals surface area contributed by atoms with Crippen molar-refractivity contribution in [1.82, 2.24) is 19.6 Å². The molecule has 1 aliphatic heterocycles. The van der Waals surface area contributed by atoms with Crippen LogP contribution in [0.5, 0.6) is 0 Å². The van der Waals surface area contributed by atoms with Crippen molar-refractivity contribution in [2.45, 2.75) is 19.5 Å². The Balaban J connectivity index is 1.67. The van der Waals surface area contributed by atoms with E-state index in [9.17, 15) is 0 Å². The van der Waals surface area contributed by atoms with Crippen molar-refractivity contribution in [1.29, 1.82) is 0 Å². The summed E-state index contributed by atoms with van der Waals surface area (Å²) in [5.74, 6) is 0.631. The van der Waals surface area contributed by atoms with Crippen LogP contribution < -0.4 is 0 Å². The summed E-state index contributed by atoms with van der Waals surface area (Å²) in [7, 11) is 4.31. The molecule has 0 saturated heterocycles. The Bertz CT molecular complexity index is 576. The molecule has 4 heteroatoms. The fraction of sp³-hybridized carbons (Fsp3) is 0.500. The third-order valence-corrected chi connectivity index (χ3v) is 4.32. The van der Waals surface area contributed by atoms with Gasteiger partial charge in [-0.2, -0.15) is 5.10 Å². The molecule has 118 valence electrons. The van der Waals surface area contributed by atoms with E-state index in [0.29, 0.717) is 5.92 Å². The summed E-state index contributed by atoms with van der Waals surface area (Å²) < 4.78 is 2.19. The number of benzene rings is 1. The molecule has 1 aliphatic rings. The van der Waals surface area contributed by atoms with Crippen LogP contribution in [0.2, 0.25) is 0 Å². The first-order valence-corrected chi connectivity index (χ1v) is 8.12. The molecule has 0 aliphatic carbocycles. The maximum Gasteiger partial charge on any atom is 0.0524 e. The standard InChI is InChI=1S/C18H26N4/c1-20(2)12-17-13-21(11-9-16-6-4-3-5-7-16)15-18-8-10-19-22(18)14-17/h3-8,10,17H,9,11-15H2,1-2H3. The highest BCUT2D eigenvalue weighted by molar-refractivity contribution is 5.15. The lowest BCUT2D eigenvalue weighted by molar-refractivity contribution is 0.201. The minimum absolute atomic E-state index is 0.631. The minimum Gasteiger partial charge on any atom is -0.309 e. The molecule has 0 N–H and O–H groups in total. The van der Waals surface area contributed by atoms with E-state index in [0.717, 1.165) is 39.1 Å². The number of nitrogens with zero attached hydrogens (tertiary/aromatic N) is 4. The first kappa shape index (κ1) is 15.3. The van der Waals surface area contributed by atoms with Crippen molar-refractivity contribution < 1.29 is 0 Å². The lowest BCUT2D eigenvalue weighted by atomic mass is 10.1. The Morgan fingerprint density at radius 1 is 1.14 bits per heavy atom. The van der Waals surface area contributed by atoms with E-state index in [2.05, 4.69) is 70.1 Å². The van der Waals surface area contributed by atoms with Crippen LogP contribution in [0.4, 0.5) is 0 Å². The van der Waals surface area contributed by atoms with Crippen LogP contribution in [0.15, 0.2) is 42.6 Å². The third kappa shape index (κ3) is 3.96. The third-order valence-electron chi connectivity index (χ3n) is 4.32. The zero-order chi connectivity index (χ0) is 15.4. The van der Waals surface area contributed by atoms with Crippen molar-refractivity contribution in [3.63, 3.8) is 0 Å². The van der Waals surface area contributed by atoms with Crippen LogP contribution in [0, 0.1) is 5.92 Å². The van der Waals surface area contributed by atoms with E-state index in [4.69, 9.17) is 0 Å². The maximum atomic E-state index is 4.50. The van der Waals surface area contributed by atoms with Gasteiger partial charge in [0.05, 0.1) is 5.69 Å². The predicted octanol–water partition coefficient (Wildman–Crippen LogP) is 2.12. The molecule has 0 amide bonds. The smallest absolute Gasteiger partial charge is 0.0524 e. The van der Waals surface area contributed by atoms with Crippen LogP contribution >= 0.6 is 0 Å². The van der Waals surface area contributed by atoms with Crippen LogP contribution in [-0.2, 0) is 19.5 Å². The summed E-state index contributed by atoms with van der Waals surface area (Å²) in [5.41, 5.74) is 2.76. The highest BCUT2D eigenvalue weighted by Crippen LogP contribution is 2.17. The molecule has 1 aromatic carbocycles. The minimum atomic E-state index is 0.631. The highest BCUT2D eigenvalue weighted by atomic mass is 15.3. The van der Waals surface area contributed by atoms with E-state index >= 15 is 0 Å². The maximum absolute atomic E-state index is 4.50. The largest absolute Gasteiger partial charge is 0.309 e. The zero-order valence-corrected chi connectivity index (χ0v) is 13.7. The van der Waals surface area contributed by atoms with E-state index in [1.807, 2.05) is 6.20 Å². The lowest BCUT2D eigenvalue weighted by Gasteiger charge is -2.25. The first-order valence-electron chi connectivity index (χ1n) is 8.12. The molecule has 4 nitrogen and oxygen atoms in total. The molecule has 1 aromatic heterocycles. The molecule has 0 bridgehead atoms. The molecular weight excluding hydrogens is 272 g/mol. The fourth-order valence-electron chi connectivity index (χ4n) is 3.35. The predicted molar refractivity (Wildman–Crippen MR) is 89.7 cm³/mol. The Morgan fingerprint density at radius 2 is 1.95 bits per heavy atom. The molecule has 0 fully saturated rings. The first-order chi connectivity index (χ1) is 10.7. The van der Waals surface area contributed by atoms with Gasteiger partial charge in [0.1, 0.15) is 0 Å². The second kappa shape index (κ2) is 7.07. The molecule has 3 rings (SSSR count). The molecule has 1 atom stereocenters. The number of fused-ring (bicyclic) bond motifs is 1. The van der Waals surface area contributed by atoms with Gasteiger partial charge in [-0.15, -0.1) is 0 Å². The van der Waals surface area contributed by atoms with Crippen LogP contribution in [0.3, 0.4) is 0 Å². The van der Waals surface area contributed by atoms with Gasteiger partial charge < -0.3 is 4.90 Å². The average Bonchev–Trinajstić information content (AvgIpc) is 2.85. The van der Waals surface area contributed by atoms with Crippen molar-refractivity contribution in [2.75, 3.05) is 33.7 Å². The van der Waals surface area contributed by atoms with Crippen molar-refractivity contribution in [3.05, 3.63) is 53.9 Å². The van der Waals surface area contributed by atoms with E-state index in [1.54, 1.807) is 0 Å². The van der Waals surface area contributed by atoms with Gasteiger partial charge in [-0.05, 0) is 32.1 Å². The van der Waals surface area contributed by atoms with Gasteiger partial charge in [0.15, 0.2) is 0 Å². The molecule has 0 radical (unpaired) electrons. The topological polar surface area (TPSA) is 24.3 Å². The Labute approximate surface area is 133 Å². The average molecular weight is 298 g/mol. The SMILES string of the molecule is CN(C)CC1CN(CCc2ccccc2)Cc2ccnn2C1. The Kier molecular flexibility index (Phi) is 4.90. The van der Waals surface area contributed by atoms with Gasteiger partial charge in [0.2, 0.25) is 0 Å². The number of rotatable bonds is 5. The summed E-state index contributed by atoms with van der Waals surface area (Å²) >= 11 is 0. The highest BCUT2D eigenvalue weighted by Gasteiger charge is 2.22. The van der Waals surface area contributed by atoms with Gasteiger partial charge in [-0.3, -0.25) is 9.58 Å². The molecular formula is C18H26N4. The van der Waals surface area contributed by atoms with E-state index in [-0.39, 0.29) is 0 Å². The zero-order valence-electron chi connectivity index (χ0n) is 13.7. The van der Waals surface area contributed by atoms with Gasteiger partial charge in [0.25, 0.3) is 0 Å². The fourth-order valence-corrected chi connectivity index (χ4v) is 3.35. The van der Waals surface area contributed by atoms with Gasteiger partial charge in [-0.25, -0.2) is 0 Å². The molecule has 0 spiro atoms. The van der Waals surface area contributed by atoms with Gasteiger partial charge in [0, 0.05) is 44.8 Å². The van der Waals surface area contributed by atoms with Crippen molar-refractivity contribution in [2.24, 2.45) is 5.92 Å². The quantitative estimate of drug-likeness (QED) is 0.845. The summed E-state index contributed by atoms with van der Waals surface area (Å²) in [6, 6.07) is 12.9. The molecule has 2 heterocycles. The summed E-state index contributed by atoms with van der Waals surface area (Å²) in [5, 5.41) is 4.50. The Morgan fingerprint density at radius 3 is 2.73 bits per heavy atom.